The second kappa shape index (κ2) is 9.57. The Morgan fingerprint density at radius 3 is 2.28 bits per heavy atom. The van der Waals surface area contributed by atoms with Gasteiger partial charge in [0.2, 0.25) is 0 Å². The topological polar surface area (TPSA) is 78.5 Å². The fraction of sp³-hybridized carbons (Fsp3) is 0.320. The summed E-state index contributed by atoms with van der Waals surface area (Å²) in [6, 6.07) is 16.2. The number of rotatable bonds is 6. The van der Waals surface area contributed by atoms with Gasteiger partial charge in [0.1, 0.15) is 10.7 Å². The molecule has 1 unspecified atom stereocenters. The molecule has 0 spiro atoms. The van der Waals surface area contributed by atoms with Crippen molar-refractivity contribution in [3.8, 4) is 0 Å². The summed E-state index contributed by atoms with van der Waals surface area (Å²) in [7, 11) is 0. The van der Waals surface area contributed by atoms with Crippen molar-refractivity contribution in [2.24, 2.45) is 0 Å². The zero-order valence-corrected chi connectivity index (χ0v) is 18.7. The molecule has 0 aromatic heterocycles. The van der Waals surface area contributed by atoms with E-state index in [-0.39, 0.29) is 34.6 Å². The number of anilines is 1. The van der Waals surface area contributed by atoms with Crippen LogP contribution in [-0.2, 0) is 9.59 Å². The third-order valence-corrected chi connectivity index (χ3v) is 6.41. The first-order valence-corrected chi connectivity index (χ1v) is 11.3. The highest BCUT2D eigenvalue weighted by Gasteiger charge is 2.42. The average Bonchev–Trinajstić information content (AvgIpc) is 3.03. The van der Waals surface area contributed by atoms with E-state index < -0.39 is 5.91 Å². The molecular formula is C25H26ClN3O3. The minimum atomic E-state index is -0.433. The van der Waals surface area contributed by atoms with Crippen LogP contribution in [0, 0.1) is 0 Å². The molecule has 7 heteroatoms. The second-order valence-electron chi connectivity index (χ2n) is 8.27. The van der Waals surface area contributed by atoms with E-state index in [1.807, 2.05) is 37.3 Å². The van der Waals surface area contributed by atoms with Crippen molar-refractivity contribution in [1.82, 2.24) is 10.2 Å². The maximum atomic E-state index is 12.9. The van der Waals surface area contributed by atoms with E-state index in [4.69, 9.17) is 11.6 Å². The minimum absolute atomic E-state index is 0.0842. The molecule has 1 atom stereocenters. The van der Waals surface area contributed by atoms with Crippen LogP contribution in [0.3, 0.4) is 0 Å². The van der Waals surface area contributed by atoms with Crippen LogP contribution in [0.4, 0.5) is 5.69 Å². The molecule has 1 fully saturated rings. The van der Waals surface area contributed by atoms with E-state index in [1.165, 1.54) is 4.90 Å². The Hall–Kier alpha value is -3.12. The van der Waals surface area contributed by atoms with Crippen molar-refractivity contribution in [1.29, 1.82) is 0 Å². The van der Waals surface area contributed by atoms with E-state index in [1.54, 1.807) is 24.3 Å². The van der Waals surface area contributed by atoms with Crippen LogP contribution >= 0.6 is 11.6 Å². The Balaban J connectivity index is 1.41. The molecule has 1 saturated carbocycles. The smallest absolute Gasteiger partial charge is 0.279 e. The molecule has 0 saturated heterocycles. The van der Waals surface area contributed by atoms with E-state index in [9.17, 15) is 14.4 Å². The zero-order valence-electron chi connectivity index (χ0n) is 17.9. The molecule has 6 nitrogen and oxygen atoms in total. The van der Waals surface area contributed by atoms with Crippen LogP contribution < -0.4 is 10.6 Å². The molecule has 0 radical (unpaired) electrons. The summed E-state index contributed by atoms with van der Waals surface area (Å²) >= 11 is 6.23. The Morgan fingerprint density at radius 2 is 1.62 bits per heavy atom. The monoisotopic (exact) mass is 451 g/mol. The maximum absolute atomic E-state index is 12.9. The van der Waals surface area contributed by atoms with Gasteiger partial charge in [0, 0.05) is 17.3 Å². The van der Waals surface area contributed by atoms with Crippen molar-refractivity contribution >= 4 is 35.0 Å². The normalized spacial score (nSPS) is 18.1. The largest absolute Gasteiger partial charge is 0.350 e. The van der Waals surface area contributed by atoms with Crippen LogP contribution in [0.1, 0.15) is 61.0 Å². The van der Waals surface area contributed by atoms with Crippen LogP contribution in [-0.4, -0.2) is 28.7 Å². The Bertz CT molecular complexity index is 1040. The number of imide groups is 1. The first kappa shape index (κ1) is 22.1. The fourth-order valence-corrected chi connectivity index (χ4v) is 4.47. The van der Waals surface area contributed by atoms with Crippen molar-refractivity contribution < 1.29 is 14.4 Å². The lowest BCUT2D eigenvalue weighted by atomic mass is 9.94. The summed E-state index contributed by atoms with van der Waals surface area (Å²) in [5.74, 6) is -1.01. The lowest BCUT2D eigenvalue weighted by Crippen LogP contribution is -2.42. The van der Waals surface area contributed by atoms with Crippen LogP contribution in [0.25, 0.3) is 0 Å². The summed E-state index contributed by atoms with van der Waals surface area (Å²) in [5.41, 5.74) is 2.19. The minimum Gasteiger partial charge on any atom is -0.350 e. The number of hydrogen-bond donors (Lipinski definition) is 2. The molecule has 1 heterocycles. The van der Waals surface area contributed by atoms with Gasteiger partial charge in [-0.3, -0.25) is 19.3 Å². The van der Waals surface area contributed by atoms with Crippen molar-refractivity contribution in [3.05, 3.63) is 76.5 Å². The third-order valence-electron chi connectivity index (χ3n) is 6.06. The van der Waals surface area contributed by atoms with Crippen molar-refractivity contribution in [3.63, 3.8) is 0 Å². The SMILES string of the molecule is CC(NC(=O)c1ccc(NC2=C(Cl)C(=O)N(C3CCCCC3)C2=O)cc1)c1ccccc1. The highest BCUT2D eigenvalue weighted by molar-refractivity contribution is 6.48. The van der Waals surface area contributed by atoms with Gasteiger partial charge >= 0.3 is 0 Å². The lowest BCUT2D eigenvalue weighted by Gasteiger charge is -2.29. The van der Waals surface area contributed by atoms with Crippen molar-refractivity contribution in [2.45, 2.75) is 51.1 Å². The first-order valence-electron chi connectivity index (χ1n) is 11.0. The standard InChI is InChI=1S/C25H26ClN3O3/c1-16(17-8-4-2-5-9-17)27-23(30)18-12-14-19(15-13-18)28-22-21(26)24(31)29(25(22)32)20-10-6-3-7-11-20/h2,4-5,8-9,12-16,20,28H,3,6-7,10-11H2,1H3,(H,27,30). The third kappa shape index (κ3) is 4.55. The van der Waals surface area contributed by atoms with Gasteiger partial charge in [-0.05, 0) is 49.6 Å². The molecule has 3 amide bonds. The van der Waals surface area contributed by atoms with Gasteiger partial charge in [0.25, 0.3) is 17.7 Å². The van der Waals surface area contributed by atoms with E-state index in [0.717, 1.165) is 37.7 Å². The summed E-state index contributed by atoms with van der Waals surface area (Å²) < 4.78 is 0. The predicted molar refractivity (Wildman–Crippen MR) is 124 cm³/mol. The molecular weight excluding hydrogens is 426 g/mol. The summed E-state index contributed by atoms with van der Waals surface area (Å²) in [6.07, 6.45) is 4.78. The highest BCUT2D eigenvalue weighted by atomic mass is 35.5. The maximum Gasteiger partial charge on any atom is 0.279 e. The van der Waals surface area contributed by atoms with Crippen LogP contribution in [0.5, 0.6) is 0 Å². The van der Waals surface area contributed by atoms with Gasteiger partial charge in [0.05, 0.1) is 6.04 Å². The van der Waals surface area contributed by atoms with Gasteiger partial charge in [-0.2, -0.15) is 0 Å². The number of carbonyl (C=O) groups is 3. The molecule has 1 aliphatic carbocycles. The molecule has 2 aromatic carbocycles. The molecule has 2 aromatic rings. The Labute approximate surface area is 192 Å². The Kier molecular flexibility index (Phi) is 6.61. The van der Waals surface area contributed by atoms with Crippen LogP contribution in [0.15, 0.2) is 65.3 Å². The number of amides is 3. The van der Waals surface area contributed by atoms with E-state index >= 15 is 0 Å². The fourth-order valence-electron chi connectivity index (χ4n) is 4.25. The molecule has 2 N–H and O–H groups in total. The van der Waals surface area contributed by atoms with Crippen LogP contribution in [0.2, 0.25) is 0 Å². The summed E-state index contributed by atoms with van der Waals surface area (Å²) in [6.45, 7) is 1.93. The molecule has 32 heavy (non-hydrogen) atoms. The number of carbonyl (C=O) groups excluding carboxylic acids is 3. The van der Waals surface area contributed by atoms with Crippen molar-refractivity contribution in [2.75, 3.05) is 5.32 Å². The average molecular weight is 452 g/mol. The second-order valence-corrected chi connectivity index (χ2v) is 8.65. The van der Waals surface area contributed by atoms with Gasteiger partial charge < -0.3 is 10.6 Å². The number of halogens is 1. The highest BCUT2D eigenvalue weighted by Crippen LogP contribution is 2.32. The molecule has 4 rings (SSSR count). The van der Waals surface area contributed by atoms with E-state index in [0.29, 0.717) is 11.3 Å². The molecule has 1 aliphatic heterocycles. The van der Waals surface area contributed by atoms with E-state index in [2.05, 4.69) is 10.6 Å². The zero-order chi connectivity index (χ0) is 22.7. The first-order chi connectivity index (χ1) is 15.5. The van der Waals surface area contributed by atoms with Gasteiger partial charge in [0.15, 0.2) is 0 Å². The summed E-state index contributed by atoms with van der Waals surface area (Å²) in [5, 5.41) is 5.86. The quantitative estimate of drug-likeness (QED) is 0.622. The summed E-state index contributed by atoms with van der Waals surface area (Å²) in [4.78, 5) is 39.4. The predicted octanol–water partition coefficient (Wildman–Crippen LogP) is 4.74. The number of nitrogens with one attached hydrogen (secondary N) is 2. The lowest BCUT2D eigenvalue weighted by molar-refractivity contribution is -0.140. The van der Waals surface area contributed by atoms with Gasteiger partial charge in [-0.1, -0.05) is 61.2 Å². The molecule has 2 aliphatic rings. The molecule has 0 bridgehead atoms. The number of benzene rings is 2. The Morgan fingerprint density at radius 1 is 0.969 bits per heavy atom. The molecule has 166 valence electrons. The number of hydrogen-bond acceptors (Lipinski definition) is 4. The van der Waals surface area contributed by atoms with Gasteiger partial charge in [-0.15, -0.1) is 0 Å². The number of nitrogens with zero attached hydrogens (tertiary/aromatic N) is 1. The van der Waals surface area contributed by atoms with Gasteiger partial charge in [-0.25, -0.2) is 0 Å².